The van der Waals surface area contributed by atoms with Crippen LogP contribution >= 0.6 is 0 Å². The van der Waals surface area contributed by atoms with Crippen molar-refractivity contribution in [2.24, 2.45) is 0 Å². The Bertz CT molecular complexity index is 779. The molecule has 0 spiro atoms. The zero-order chi connectivity index (χ0) is 20.9. The molecule has 0 radical (unpaired) electrons. The van der Waals surface area contributed by atoms with Crippen LogP contribution in [0.25, 0.3) is 0 Å². The van der Waals surface area contributed by atoms with E-state index in [0.717, 1.165) is 31.3 Å². The zero-order valence-electron chi connectivity index (χ0n) is 17.1. The number of hydrogen-bond donors (Lipinski definition) is 2. The summed E-state index contributed by atoms with van der Waals surface area (Å²) < 4.78 is 5.80. The second kappa shape index (κ2) is 12.4. The van der Waals surface area contributed by atoms with Crippen molar-refractivity contribution >= 4 is 0 Å². The number of nitro groups is 1. The van der Waals surface area contributed by atoms with Crippen molar-refractivity contribution < 1.29 is 9.66 Å². The fourth-order valence-electron chi connectivity index (χ4n) is 2.83. The molecule has 0 aliphatic heterocycles. The normalized spacial score (nSPS) is 11.3. The molecule has 0 fully saturated rings. The summed E-state index contributed by atoms with van der Waals surface area (Å²) in [6, 6.07) is 18.1. The molecule has 0 heterocycles. The van der Waals surface area contributed by atoms with Gasteiger partial charge in [-0.05, 0) is 50.2 Å². The van der Waals surface area contributed by atoms with E-state index in [1.807, 2.05) is 62.6 Å². The van der Waals surface area contributed by atoms with Gasteiger partial charge in [0, 0.05) is 19.6 Å². The first kappa shape index (κ1) is 22.2. The summed E-state index contributed by atoms with van der Waals surface area (Å²) in [5, 5.41) is 17.0. The minimum absolute atomic E-state index is 0.416. The van der Waals surface area contributed by atoms with E-state index in [1.165, 1.54) is 11.1 Å². The molecule has 2 aromatic carbocycles. The van der Waals surface area contributed by atoms with Gasteiger partial charge in [-0.2, -0.15) is 0 Å². The molecule has 0 bridgehead atoms. The van der Waals surface area contributed by atoms with Gasteiger partial charge in [0.25, 0.3) is 6.20 Å². The molecule has 2 rings (SSSR count). The van der Waals surface area contributed by atoms with Gasteiger partial charge < -0.3 is 20.3 Å². The summed E-state index contributed by atoms with van der Waals surface area (Å²) in [5.41, 5.74) is 2.38. The maximum absolute atomic E-state index is 10.8. The highest BCUT2D eigenvalue weighted by atomic mass is 16.6. The molecule has 0 saturated carbocycles. The van der Waals surface area contributed by atoms with Crippen LogP contribution in [0.5, 0.6) is 5.75 Å². The van der Waals surface area contributed by atoms with Crippen molar-refractivity contribution in [1.82, 2.24) is 15.5 Å². The van der Waals surface area contributed by atoms with Crippen LogP contribution in [-0.4, -0.2) is 43.6 Å². The van der Waals surface area contributed by atoms with Crippen LogP contribution in [0.3, 0.4) is 0 Å². The van der Waals surface area contributed by atoms with Gasteiger partial charge in [0.2, 0.25) is 0 Å². The highest BCUT2D eigenvalue weighted by Gasteiger charge is 2.03. The maximum Gasteiger partial charge on any atom is 0.274 e. The van der Waals surface area contributed by atoms with E-state index in [2.05, 4.69) is 21.6 Å². The molecule has 156 valence electrons. The van der Waals surface area contributed by atoms with E-state index in [0.29, 0.717) is 25.5 Å². The van der Waals surface area contributed by atoms with Gasteiger partial charge in [0.05, 0.1) is 11.5 Å². The lowest BCUT2D eigenvalue weighted by atomic mass is 10.1. The highest BCUT2D eigenvalue weighted by molar-refractivity contribution is 5.28. The molecule has 0 aliphatic rings. The van der Waals surface area contributed by atoms with Crippen molar-refractivity contribution in [3.05, 3.63) is 87.9 Å². The second-order valence-electron chi connectivity index (χ2n) is 7.00. The molecule has 0 aromatic heterocycles. The number of rotatable bonds is 13. The minimum Gasteiger partial charge on any atom is -0.494 e. The van der Waals surface area contributed by atoms with Crippen LogP contribution in [0.4, 0.5) is 0 Å². The summed E-state index contributed by atoms with van der Waals surface area (Å²) in [7, 11) is 4.06. The average Bonchev–Trinajstić information content (AvgIpc) is 2.68. The molecule has 7 heteroatoms. The Morgan fingerprint density at radius 1 is 1.07 bits per heavy atom. The van der Waals surface area contributed by atoms with Gasteiger partial charge >= 0.3 is 0 Å². The quantitative estimate of drug-likeness (QED) is 0.307. The number of nitrogens with zero attached hydrogens (tertiary/aromatic N) is 2. The molecule has 0 saturated heterocycles. The molecular formula is C22H30N4O3. The Kier molecular flexibility index (Phi) is 9.51. The largest absolute Gasteiger partial charge is 0.494 e. The lowest BCUT2D eigenvalue weighted by Crippen LogP contribution is -2.30. The van der Waals surface area contributed by atoms with Crippen LogP contribution in [-0.2, 0) is 13.0 Å². The van der Waals surface area contributed by atoms with Crippen LogP contribution in [0.2, 0.25) is 0 Å². The highest BCUT2D eigenvalue weighted by Crippen LogP contribution is 2.14. The van der Waals surface area contributed by atoms with Crippen LogP contribution < -0.4 is 15.4 Å². The van der Waals surface area contributed by atoms with E-state index in [9.17, 15) is 10.1 Å². The summed E-state index contributed by atoms with van der Waals surface area (Å²) in [6.07, 6.45) is 2.49. The predicted octanol–water partition coefficient (Wildman–Crippen LogP) is 3.01. The zero-order valence-corrected chi connectivity index (χ0v) is 17.1. The Balaban J connectivity index is 1.70. The van der Waals surface area contributed by atoms with E-state index in [1.54, 1.807) is 0 Å². The molecule has 0 unspecified atom stereocenters. The first-order valence-corrected chi connectivity index (χ1v) is 9.76. The van der Waals surface area contributed by atoms with Crippen LogP contribution in [0, 0.1) is 10.1 Å². The Morgan fingerprint density at radius 3 is 2.52 bits per heavy atom. The molecule has 29 heavy (non-hydrogen) atoms. The third-order valence-electron chi connectivity index (χ3n) is 4.11. The Hall–Kier alpha value is -3.06. The second-order valence-corrected chi connectivity index (χ2v) is 7.00. The van der Waals surface area contributed by atoms with E-state index >= 15 is 0 Å². The van der Waals surface area contributed by atoms with E-state index in [4.69, 9.17) is 4.74 Å². The maximum atomic E-state index is 10.8. The third kappa shape index (κ3) is 9.62. The van der Waals surface area contributed by atoms with E-state index < -0.39 is 4.92 Å². The lowest BCUT2D eigenvalue weighted by Gasteiger charge is -2.13. The molecule has 2 aromatic rings. The number of nitrogens with one attached hydrogen (secondary N) is 2. The fraction of sp³-hybridized carbons (Fsp3) is 0.364. The smallest absolute Gasteiger partial charge is 0.274 e. The van der Waals surface area contributed by atoms with Gasteiger partial charge in [0.1, 0.15) is 5.75 Å². The molecule has 0 aliphatic carbocycles. The van der Waals surface area contributed by atoms with Crippen molar-refractivity contribution in [2.75, 3.05) is 33.8 Å². The monoisotopic (exact) mass is 398 g/mol. The van der Waals surface area contributed by atoms with Crippen LogP contribution in [0.15, 0.2) is 66.6 Å². The molecule has 2 N–H and O–H groups in total. The van der Waals surface area contributed by atoms with Gasteiger partial charge in [-0.1, -0.05) is 42.5 Å². The van der Waals surface area contributed by atoms with Gasteiger partial charge in [0.15, 0.2) is 5.82 Å². The summed E-state index contributed by atoms with van der Waals surface area (Å²) in [5.74, 6) is 1.25. The third-order valence-corrected chi connectivity index (χ3v) is 4.11. The average molecular weight is 399 g/mol. The SMILES string of the molecule is CN(C)Cc1cccc(OCCCN/C(=C/[N+](=O)[O-])NCCc2ccccc2)c1. The number of hydrogen-bond acceptors (Lipinski definition) is 6. The number of ether oxygens (including phenoxy) is 1. The molecule has 0 atom stereocenters. The summed E-state index contributed by atoms with van der Waals surface area (Å²) in [6.45, 7) is 2.60. The standard InChI is InChI=1S/C22H30N4O3/c1-25(2)17-20-10-6-11-21(16-20)29-15-7-13-23-22(18-26(27)28)24-14-12-19-8-4-3-5-9-19/h3-6,8-11,16,18,23-24H,7,12-15,17H2,1-2H3/b22-18-. The first-order valence-electron chi connectivity index (χ1n) is 9.76. The molecular weight excluding hydrogens is 368 g/mol. The Labute approximate surface area is 172 Å². The summed E-state index contributed by atoms with van der Waals surface area (Å²) in [4.78, 5) is 12.5. The first-order chi connectivity index (χ1) is 14.0. The Morgan fingerprint density at radius 2 is 1.79 bits per heavy atom. The minimum atomic E-state index is -0.454. The van der Waals surface area contributed by atoms with Crippen molar-refractivity contribution in [2.45, 2.75) is 19.4 Å². The van der Waals surface area contributed by atoms with E-state index in [-0.39, 0.29) is 0 Å². The van der Waals surface area contributed by atoms with Gasteiger partial charge in [-0.3, -0.25) is 10.1 Å². The lowest BCUT2D eigenvalue weighted by molar-refractivity contribution is -0.404. The molecule has 0 amide bonds. The van der Waals surface area contributed by atoms with Crippen molar-refractivity contribution in [1.29, 1.82) is 0 Å². The van der Waals surface area contributed by atoms with Crippen molar-refractivity contribution in [3.63, 3.8) is 0 Å². The van der Waals surface area contributed by atoms with Gasteiger partial charge in [-0.15, -0.1) is 0 Å². The fourth-order valence-corrected chi connectivity index (χ4v) is 2.83. The topological polar surface area (TPSA) is 79.7 Å². The predicted molar refractivity (Wildman–Crippen MR) is 115 cm³/mol. The van der Waals surface area contributed by atoms with Crippen LogP contribution in [0.1, 0.15) is 17.5 Å². The molecule has 7 nitrogen and oxygen atoms in total. The van der Waals surface area contributed by atoms with Crippen molar-refractivity contribution in [3.8, 4) is 5.75 Å². The van der Waals surface area contributed by atoms with Gasteiger partial charge in [-0.25, -0.2) is 0 Å². The number of benzene rings is 2. The summed E-state index contributed by atoms with van der Waals surface area (Å²) >= 11 is 0.